The van der Waals surface area contributed by atoms with Gasteiger partial charge in [0, 0.05) is 37.1 Å². The van der Waals surface area contributed by atoms with Gasteiger partial charge in [0.15, 0.2) is 0 Å². The molecule has 1 N–H and O–H groups in total. The van der Waals surface area contributed by atoms with E-state index in [9.17, 15) is 0 Å². The highest BCUT2D eigenvalue weighted by Crippen LogP contribution is 2.27. The minimum Gasteiger partial charge on any atom is -0.495 e. The van der Waals surface area contributed by atoms with Crippen LogP contribution < -0.4 is 10.1 Å². The molecule has 4 nitrogen and oxygen atoms in total. The van der Waals surface area contributed by atoms with Crippen LogP contribution >= 0.6 is 15.9 Å². The Morgan fingerprint density at radius 1 is 1.47 bits per heavy atom. The Morgan fingerprint density at radius 2 is 2.29 bits per heavy atom. The summed E-state index contributed by atoms with van der Waals surface area (Å²) in [6.45, 7) is 0.749. The van der Waals surface area contributed by atoms with Crippen molar-refractivity contribution in [3.63, 3.8) is 0 Å². The number of anilines is 1. The topological polar surface area (TPSA) is 39.1 Å². The third kappa shape index (κ3) is 3.00. The maximum absolute atomic E-state index is 5.24. The van der Waals surface area contributed by atoms with E-state index in [-0.39, 0.29) is 0 Å². The predicted octanol–water partition coefficient (Wildman–Crippen LogP) is 2.80. The van der Waals surface area contributed by atoms with Gasteiger partial charge in [-0.15, -0.1) is 0 Å². The van der Waals surface area contributed by atoms with Gasteiger partial charge in [0.2, 0.25) is 0 Å². The maximum atomic E-state index is 5.24. The van der Waals surface area contributed by atoms with Crippen LogP contribution in [-0.2, 0) is 13.6 Å². The smallest absolute Gasteiger partial charge is 0.135 e. The number of rotatable bonds is 4. The number of methoxy groups -OCH3 is 1. The zero-order valence-electron chi connectivity index (χ0n) is 9.77. The lowest BCUT2D eigenvalue weighted by atomic mass is 10.3. The molecule has 0 aliphatic heterocycles. The van der Waals surface area contributed by atoms with Gasteiger partial charge in [0.05, 0.1) is 17.8 Å². The number of nitrogens with one attached hydrogen (secondary N) is 1. The number of aryl methyl sites for hydroxylation is 1. The van der Waals surface area contributed by atoms with Crippen molar-refractivity contribution < 1.29 is 4.74 Å². The molecule has 1 heterocycles. The van der Waals surface area contributed by atoms with E-state index in [0.717, 1.165) is 28.0 Å². The molecule has 0 spiro atoms. The summed E-state index contributed by atoms with van der Waals surface area (Å²) >= 11 is 3.42. The van der Waals surface area contributed by atoms with Crippen LogP contribution in [-0.4, -0.2) is 16.9 Å². The van der Waals surface area contributed by atoms with Crippen LogP contribution in [0.5, 0.6) is 5.75 Å². The lowest BCUT2D eigenvalue weighted by Crippen LogP contribution is -1.98. The summed E-state index contributed by atoms with van der Waals surface area (Å²) < 4.78 is 7.98. The van der Waals surface area contributed by atoms with E-state index in [1.165, 1.54) is 0 Å². The summed E-state index contributed by atoms with van der Waals surface area (Å²) in [4.78, 5) is 0. The molecule has 0 unspecified atom stereocenters. The van der Waals surface area contributed by atoms with Gasteiger partial charge in [-0.25, -0.2) is 0 Å². The van der Waals surface area contributed by atoms with Gasteiger partial charge >= 0.3 is 0 Å². The first-order valence-electron chi connectivity index (χ1n) is 5.24. The van der Waals surface area contributed by atoms with E-state index in [4.69, 9.17) is 4.74 Å². The molecule has 0 atom stereocenters. The van der Waals surface area contributed by atoms with E-state index in [1.54, 1.807) is 11.8 Å². The number of halogens is 1. The van der Waals surface area contributed by atoms with Crippen LogP contribution in [0.4, 0.5) is 5.69 Å². The molecule has 1 aromatic heterocycles. The molecule has 90 valence electrons. The van der Waals surface area contributed by atoms with Crippen molar-refractivity contribution in [2.75, 3.05) is 12.4 Å². The molecule has 0 aliphatic rings. The van der Waals surface area contributed by atoms with E-state index < -0.39 is 0 Å². The van der Waals surface area contributed by atoms with E-state index >= 15 is 0 Å². The molecule has 2 aromatic rings. The van der Waals surface area contributed by atoms with Gasteiger partial charge in [-0.2, -0.15) is 5.10 Å². The average Bonchev–Trinajstić information content (AvgIpc) is 2.74. The van der Waals surface area contributed by atoms with Crippen molar-refractivity contribution in [2.24, 2.45) is 7.05 Å². The fourth-order valence-corrected chi connectivity index (χ4v) is 1.95. The Kier molecular flexibility index (Phi) is 3.68. The van der Waals surface area contributed by atoms with Gasteiger partial charge in [-0.05, 0) is 28.1 Å². The number of benzene rings is 1. The molecule has 0 bridgehead atoms. The molecular formula is C12H14BrN3O. The summed E-state index contributed by atoms with van der Waals surface area (Å²) in [5.74, 6) is 0.821. The van der Waals surface area contributed by atoms with Crippen molar-refractivity contribution in [3.05, 3.63) is 40.6 Å². The van der Waals surface area contributed by atoms with Crippen molar-refractivity contribution in [1.29, 1.82) is 0 Å². The second-order valence-electron chi connectivity index (χ2n) is 3.73. The zero-order chi connectivity index (χ0) is 12.3. The highest BCUT2D eigenvalue weighted by molar-refractivity contribution is 9.10. The fourth-order valence-electron chi connectivity index (χ4n) is 1.54. The van der Waals surface area contributed by atoms with Crippen LogP contribution in [0.3, 0.4) is 0 Å². The summed E-state index contributed by atoms with van der Waals surface area (Å²) in [6.07, 6.45) is 3.84. The lowest BCUT2D eigenvalue weighted by Gasteiger charge is -2.08. The monoisotopic (exact) mass is 295 g/mol. The Hall–Kier alpha value is -1.49. The number of aromatic nitrogens is 2. The van der Waals surface area contributed by atoms with Crippen LogP contribution in [0, 0.1) is 0 Å². The molecule has 0 saturated carbocycles. The standard InChI is InChI=1S/C12H14BrN3O/c1-16-8-9(7-15-16)6-14-10-3-4-11(13)12(5-10)17-2/h3-5,7-8,14H,6H2,1-2H3. The third-order valence-corrected chi connectivity index (χ3v) is 3.06. The molecule has 0 radical (unpaired) electrons. The molecule has 0 saturated heterocycles. The minimum absolute atomic E-state index is 0.749. The molecular weight excluding hydrogens is 282 g/mol. The van der Waals surface area contributed by atoms with Gasteiger partial charge < -0.3 is 10.1 Å². The van der Waals surface area contributed by atoms with Crippen LogP contribution in [0.1, 0.15) is 5.56 Å². The van der Waals surface area contributed by atoms with Crippen molar-refractivity contribution in [1.82, 2.24) is 9.78 Å². The van der Waals surface area contributed by atoms with Crippen molar-refractivity contribution >= 4 is 21.6 Å². The lowest BCUT2D eigenvalue weighted by molar-refractivity contribution is 0.412. The second-order valence-corrected chi connectivity index (χ2v) is 4.58. The highest BCUT2D eigenvalue weighted by Gasteiger charge is 2.02. The summed E-state index contributed by atoms with van der Waals surface area (Å²) in [7, 11) is 3.57. The molecule has 1 aromatic carbocycles. The van der Waals surface area contributed by atoms with E-state index in [0.29, 0.717) is 0 Å². The maximum Gasteiger partial charge on any atom is 0.135 e. The van der Waals surface area contributed by atoms with E-state index in [1.807, 2.05) is 37.6 Å². The van der Waals surface area contributed by atoms with Gasteiger partial charge in [0.1, 0.15) is 5.75 Å². The first kappa shape index (κ1) is 12.0. The Morgan fingerprint density at radius 3 is 2.94 bits per heavy atom. The molecule has 0 amide bonds. The van der Waals surface area contributed by atoms with Crippen LogP contribution in [0.2, 0.25) is 0 Å². The average molecular weight is 296 g/mol. The molecule has 5 heteroatoms. The number of ether oxygens (including phenoxy) is 1. The van der Waals surface area contributed by atoms with Crippen LogP contribution in [0.15, 0.2) is 35.1 Å². The van der Waals surface area contributed by atoms with E-state index in [2.05, 4.69) is 26.3 Å². The highest BCUT2D eigenvalue weighted by atomic mass is 79.9. The number of hydrogen-bond donors (Lipinski definition) is 1. The normalized spacial score (nSPS) is 10.3. The SMILES string of the molecule is COc1cc(NCc2cnn(C)c2)ccc1Br. The second kappa shape index (κ2) is 5.23. The van der Waals surface area contributed by atoms with Crippen molar-refractivity contribution in [2.45, 2.75) is 6.54 Å². The number of nitrogens with zero attached hydrogens (tertiary/aromatic N) is 2. The quantitative estimate of drug-likeness (QED) is 0.943. The minimum atomic E-state index is 0.749. The molecule has 17 heavy (non-hydrogen) atoms. The Bertz CT molecular complexity index is 510. The zero-order valence-corrected chi connectivity index (χ0v) is 11.4. The first-order chi connectivity index (χ1) is 8.19. The molecule has 2 rings (SSSR count). The van der Waals surface area contributed by atoms with Gasteiger partial charge in [-0.3, -0.25) is 4.68 Å². The molecule has 0 aliphatic carbocycles. The van der Waals surface area contributed by atoms with Crippen LogP contribution in [0.25, 0.3) is 0 Å². The van der Waals surface area contributed by atoms with Gasteiger partial charge in [-0.1, -0.05) is 0 Å². The number of hydrogen-bond acceptors (Lipinski definition) is 3. The summed E-state index contributed by atoms with van der Waals surface area (Å²) in [6, 6.07) is 5.92. The van der Waals surface area contributed by atoms with Gasteiger partial charge in [0.25, 0.3) is 0 Å². The summed E-state index contributed by atoms with van der Waals surface area (Å²) in [5.41, 5.74) is 2.17. The third-order valence-electron chi connectivity index (χ3n) is 2.41. The first-order valence-corrected chi connectivity index (χ1v) is 6.03. The Labute approximate surface area is 109 Å². The molecule has 0 fully saturated rings. The summed E-state index contributed by atoms with van der Waals surface area (Å²) in [5, 5.41) is 7.44. The largest absolute Gasteiger partial charge is 0.495 e. The predicted molar refractivity (Wildman–Crippen MR) is 71.2 cm³/mol. The van der Waals surface area contributed by atoms with Crippen molar-refractivity contribution in [3.8, 4) is 5.75 Å². The Balaban J connectivity index is 2.04. The fraction of sp³-hybridized carbons (Fsp3) is 0.250.